The normalized spacial score (nSPS) is 11.8. The molecule has 3 aromatic rings. The zero-order valence-electron chi connectivity index (χ0n) is 18.7. The molecule has 174 valence electrons. The van der Waals surface area contributed by atoms with Gasteiger partial charge < -0.3 is 32.1 Å². The summed E-state index contributed by atoms with van der Waals surface area (Å²) in [4.78, 5) is 23.8. The van der Waals surface area contributed by atoms with Crippen molar-refractivity contribution in [1.29, 1.82) is 0 Å². The standard InChI is InChI=1S/C26H28NO4P.BrH/c1-20(2)24(25(28)29)27-26(30)31-18-19-32(21-12-6-3-7-13-21,22-14-8-4-9-15-22)23-16-10-5-11-17-23;/h3-17,20,24H,18-19H2,1-2H3,(H-,27,28,29,30);1H. The Morgan fingerprint density at radius 1 is 0.818 bits per heavy atom. The SMILES string of the molecule is CC(C)C(NC(=O)OCC[P+](c1ccccc1)(c1ccccc1)c1ccccc1)C(=O)O.[Br-]. The second kappa shape index (κ2) is 12.5. The zero-order chi connectivity index (χ0) is 23.0. The van der Waals surface area contributed by atoms with Crippen LogP contribution >= 0.6 is 7.26 Å². The van der Waals surface area contributed by atoms with E-state index in [4.69, 9.17) is 4.74 Å². The summed E-state index contributed by atoms with van der Waals surface area (Å²) in [6.07, 6.45) is -0.101. The van der Waals surface area contributed by atoms with Gasteiger partial charge in [0.1, 0.15) is 42.0 Å². The summed E-state index contributed by atoms with van der Waals surface area (Å²) in [5.41, 5.74) is 0. The Hall–Kier alpha value is -2.69. The number of hydrogen-bond acceptors (Lipinski definition) is 3. The predicted octanol–water partition coefficient (Wildman–Crippen LogP) is 0.820. The minimum Gasteiger partial charge on any atom is -1.00 e. The van der Waals surface area contributed by atoms with Gasteiger partial charge in [-0.15, -0.1) is 0 Å². The van der Waals surface area contributed by atoms with Crippen molar-refractivity contribution in [2.75, 3.05) is 12.8 Å². The van der Waals surface area contributed by atoms with Gasteiger partial charge in [0.2, 0.25) is 0 Å². The Morgan fingerprint density at radius 2 is 1.21 bits per heavy atom. The molecule has 0 spiro atoms. The van der Waals surface area contributed by atoms with Crippen molar-refractivity contribution in [2.45, 2.75) is 19.9 Å². The van der Waals surface area contributed by atoms with Crippen LogP contribution in [0.4, 0.5) is 4.79 Å². The van der Waals surface area contributed by atoms with Crippen LogP contribution in [0.2, 0.25) is 0 Å². The number of carboxylic acids is 1. The number of halogens is 1. The first kappa shape index (κ1) is 26.6. The summed E-state index contributed by atoms with van der Waals surface area (Å²) >= 11 is 0. The molecule has 0 fully saturated rings. The summed E-state index contributed by atoms with van der Waals surface area (Å²) in [5, 5.41) is 15.4. The lowest BCUT2D eigenvalue weighted by Gasteiger charge is -2.27. The van der Waals surface area contributed by atoms with Gasteiger partial charge in [-0.3, -0.25) is 0 Å². The van der Waals surface area contributed by atoms with Crippen LogP contribution in [-0.4, -0.2) is 36.0 Å². The van der Waals surface area contributed by atoms with Crippen molar-refractivity contribution < 1.29 is 36.4 Å². The fraction of sp³-hybridized carbons (Fsp3) is 0.231. The van der Waals surface area contributed by atoms with Crippen molar-refractivity contribution in [3.05, 3.63) is 91.0 Å². The molecule has 0 aliphatic heterocycles. The van der Waals surface area contributed by atoms with Crippen molar-refractivity contribution in [3.63, 3.8) is 0 Å². The number of rotatable bonds is 9. The minimum absolute atomic E-state index is 0. The van der Waals surface area contributed by atoms with E-state index in [1.54, 1.807) is 13.8 Å². The molecule has 1 atom stereocenters. The van der Waals surface area contributed by atoms with E-state index in [0.29, 0.717) is 6.16 Å². The number of carboxylic acid groups (broad SMARTS) is 1. The van der Waals surface area contributed by atoms with Crippen LogP contribution in [-0.2, 0) is 9.53 Å². The molecule has 0 heterocycles. The Kier molecular flexibility index (Phi) is 10.1. The number of hydrogen-bond donors (Lipinski definition) is 2. The van der Waals surface area contributed by atoms with Crippen LogP contribution in [0.25, 0.3) is 0 Å². The molecule has 1 amide bonds. The van der Waals surface area contributed by atoms with Crippen LogP contribution in [0.1, 0.15) is 13.8 Å². The van der Waals surface area contributed by atoms with E-state index in [2.05, 4.69) is 41.7 Å². The molecular formula is C26H29BrNO4P. The summed E-state index contributed by atoms with van der Waals surface area (Å²) < 4.78 is 5.51. The summed E-state index contributed by atoms with van der Waals surface area (Å²) in [6.45, 7) is 3.66. The van der Waals surface area contributed by atoms with Gasteiger partial charge in [-0.2, -0.15) is 0 Å². The molecule has 0 saturated carbocycles. The molecule has 3 aromatic carbocycles. The minimum atomic E-state index is -2.10. The monoisotopic (exact) mass is 529 g/mol. The van der Waals surface area contributed by atoms with E-state index in [9.17, 15) is 14.7 Å². The van der Waals surface area contributed by atoms with E-state index in [1.807, 2.05) is 54.6 Å². The number of nitrogens with one attached hydrogen (secondary N) is 1. The molecule has 0 bridgehead atoms. The molecule has 33 heavy (non-hydrogen) atoms. The Bertz CT molecular complexity index is 920. The number of benzene rings is 3. The van der Waals surface area contributed by atoms with Crippen molar-refractivity contribution in [3.8, 4) is 0 Å². The highest BCUT2D eigenvalue weighted by Gasteiger charge is 2.45. The van der Waals surface area contributed by atoms with E-state index in [1.165, 1.54) is 15.9 Å². The highest BCUT2D eigenvalue weighted by molar-refractivity contribution is 7.95. The summed E-state index contributed by atoms with van der Waals surface area (Å²) in [6, 6.07) is 30.0. The van der Waals surface area contributed by atoms with E-state index in [0.717, 1.165) is 0 Å². The number of ether oxygens (including phenoxy) is 1. The molecule has 5 nitrogen and oxygen atoms in total. The van der Waals surface area contributed by atoms with Gasteiger partial charge in [0.25, 0.3) is 0 Å². The average Bonchev–Trinajstić information content (AvgIpc) is 2.82. The van der Waals surface area contributed by atoms with Crippen molar-refractivity contribution in [2.24, 2.45) is 5.92 Å². The first-order chi connectivity index (χ1) is 15.4. The van der Waals surface area contributed by atoms with Gasteiger partial charge >= 0.3 is 12.1 Å². The lowest BCUT2D eigenvalue weighted by atomic mass is 10.1. The second-order valence-corrected chi connectivity index (χ2v) is 11.5. The highest BCUT2D eigenvalue weighted by atomic mass is 79.9. The molecule has 3 rings (SSSR count). The highest BCUT2D eigenvalue weighted by Crippen LogP contribution is 2.54. The molecule has 2 N–H and O–H groups in total. The average molecular weight is 530 g/mol. The third-order valence-corrected chi connectivity index (χ3v) is 9.85. The number of alkyl carbamates (subject to hydrolysis) is 1. The predicted molar refractivity (Wildman–Crippen MR) is 131 cm³/mol. The summed E-state index contributed by atoms with van der Waals surface area (Å²) in [5.74, 6) is -1.32. The van der Waals surface area contributed by atoms with Gasteiger partial charge in [0.05, 0.1) is 0 Å². The molecule has 1 unspecified atom stereocenters. The Balaban J connectivity index is 0.00000385. The third-order valence-electron chi connectivity index (χ3n) is 5.46. The number of aliphatic carboxylic acids is 1. The first-order valence-electron chi connectivity index (χ1n) is 10.7. The number of carbonyl (C=O) groups is 2. The van der Waals surface area contributed by atoms with Crippen LogP contribution in [0.15, 0.2) is 91.0 Å². The van der Waals surface area contributed by atoms with Crippen LogP contribution in [0, 0.1) is 5.92 Å². The van der Waals surface area contributed by atoms with Gasteiger partial charge in [0.15, 0.2) is 0 Å². The van der Waals surface area contributed by atoms with Gasteiger partial charge in [-0.1, -0.05) is 68.4 Å². The number of amides is 1. The molecular weight excluding hydrogens is 501 g/mol. The van der Waals surface area contributed by atoms with E-state index >= 15 is 0 Å². The van der Waals surface area contributed by atoms with Gasteiger partial charge in [-0.25, -0.2) is 9.59 Å². The molecule has 0 aromatic heterocycles. The molecule has 0 aliphatic rings. The molecule has 7 heteroatoms. The quantitative estimate of drug-likeness (QED) is 0.402. The maximum atomic E-state index is 12.4. The van der Waals surface area contributed by atoms with Crippen molar-refractivity contribution in [1.82, 2.24) is 5.32 Å². The largest absolute Gasteiger partial charge is 1.00 e. The fourth-order valence-electron chi connectivity index (χ4n) is 3.84. The van der Waals surface area contributed by atoms with E-state index < -0.39 is 25.4 Å². The lowest BCUT2D eigenvalue weighted by Crippen LogP contribution is -3.00. The van der Waals surface area contributed by atoms with Crippen molar-refractivity contribution >= 4 is 35.2 Å². The smallest absolute Gasteiger partial charge is 0.407 e. The Morgan fingerprint density at radius 3 is 1.55 bits per heavy atom. The maximum absolute atomic E-state index is 12.4. The third kappa shape index (κ3) is 6.43. The van der Waals surface area contributed by atoms with Crippen LogP contribution in [0.5, 0.6) is 0 Å². The lowest BCUT2D eigenvalue weighted by molar-refractivity contribution is -0.140. The Labute approximate surface area is 206 Å². The zero-order valence-corrected chi connectivity index (χ0v) is 21.2. The summed E-state index contributed by atoms with van der Waals surface area (Å²) in [7, 11) is -2.10. The van der Waals surface area contributed by atoms with Gasteiger partial charge in [-0.05, 0) is 42.3 Å². The molecule has 0 aliphatic carbocycles. The topological polar surface area (TPSA) is 75.6 Å². The van der Waals surface area contributed by atoms with Crippen LogP contribution < -0.4 is 38.2 Å². The van der Waals surface area contributed by atoms with Gasteiger partial charge in [0, 0.05) is 0 Å². The molecule has 0 saturated heterocycles. The molecule has 0 radical (unpaired) electrons. The van der Waals surface area contributed by atoms with Crippen LogP contribution in [0.3, 0.4) is 0 Å². The second-order valence-electron chi connectivity index (χ2n) is 7.88. The first-order valence-corrected chi connectivity index (χ1v) is 12.6. The number of carbonyl (C=O) groups excluding carboxylic acids is 1. The maximum Gasteiger partial charge on any atom is 0.407 e. The van der Waals surface area contributed by atoms with E-state index in [-0.39, 0.29) is 29.5 Å². The fourth-order valence-corrected chi connectivity index (χ4v) is 7.92.